The quantitative estimate of drug-likeness (QED) is 0.390. The first-order chi connectivity index (χ1) is 15.7. The maximum atomic E-state index is 13.8. The number of fused-ring (bicyclic) bond motifs is 3. The number of para-hydroxylation sites is 2. The zero-order chi connectivity index (χ0) is 21.7. The second-order valence-electron chi connectivity index (χ2n) is 8.85. The molecular weight excluding hydrogens is 396 g/mol. The van der Waals surface area contributed by atoms with Crippen LogP contribution in [0.25, 0.3) is 10.9 Å². The van der Waals surface area contributed by atoms with Gasteiger partial charge in [0.15, 0.2) is 0 Å². The summed E-state index contributed by atoms with van der Waals surface area (Å²) in [5, 5.41) is 1.37. The van der Waals surface area contributed by atoms with Crippen LogP contribution in [0, 0.1) is 6.92 Å². The molecule has 1 aliphatic carbocycles. The summed E-state index contributed by atoms with van der Waals surface area (Å²) in [5.74, 6) is 1.41. The molecule has 3 aromatic carbocycles. The summed E-state index contributed by atoms with van der Waals surface area (Å²) in [6.07, 6.45) is 3.21. The van der Waals surface area contributed by atoms with Gasteiger partial charge in [0.05, 0.1) is 11.6 Å². The van der Waals surface area contributed by atoms with Crippen molar-refractivity contribution in [3.05, 3.63) is 95.2 Å². The summed E-state index contributed by atoms with van der Waals surface area (Å²) in [5.41, 5.74) is 6.01. The molecule has 1 unspecified atom stereocenters. The molecule has 0 radical (unpaired) electrons. The molecule has 0 fully saturated rings. The van der Waals surface area contributed by atoms with Crippen molar-refractivity contribution in [2.24, 2.45) is 0 Å². The van der Waals surface area contributed by atoms with Crippen LogP contribution in [0.1, 0.15) is 46.1 Å². The van der Waals surface area contributed by atoms with Gasteiger partial charge in [-0.3, -0.25) is 4.79 Å². The van der Waals surface area contributed by atoms with E-state index < -0.39 is 0 Å². The van der Waals surface area contributed by atoms with Crippen molar-refractivity contribution in [2.45, 2.75) is 38.8 Å². The summed E-state index contributed by atoms with van der Waals surface area (Å²) >= 11 is 0. The number of carbonyl (C=O) groups excluding carboxylic acids is 1. The second kappa shape index (κ2) is 7.56. The normalized spacial score (nSPS) is 17.3. The van der Waals surface area contributed by atoms with E-state index in [2.05, 4.69) is 34.6 Å². The van der Waals surface area contributed by atoms with Crippen molar-refractivity contribution in [1.29, 1.82) is 0 Å². The highest BCUT2D eigenvalue weighted by atomic mass is 16.5. The van der Waals surface area contributed by atoms with Crippen LogP contribution < -0.4 is 4.74 Å². The van der Waals surface area contributed by atoms with Gasteiger partial charge in [0.25, 0.3) is 5.91 Å². The zero-order valence-electron chi connectivity index (χ0n) is 18.3. The van der Waals surface area contributed by atoms with Gasteiger partial charge in [0.1, 0.15) is 11.5 Å². The van der Waals surface area contributed by atoms with Gasteiger partial charge in [-0.05, 0) is 68.1 Å². The van der Waals surface area contributed by atoms with Crippen molar-refractivity contribution in [2.75, 3.05) is 6.54 Å². The Hall–Kier alpha value is -3.53. The number of hydrogen-bond donors (Lipinski definition) is 0. The van der Waals surface area contributed by atoms with E-state index in [4.69, 9.17) is 4.74 Å². The predicted molar refractivity (Wildman–Crippen MR) is 126 cm³/mol. The minimum atomic E-state index is 0.0575. The molecule has 1 aliphatic heterocycles. The number of benzene rings is 3. The minimum absolute atomic E-state index is 0.0575. The third kappa shape index (κ3) is 3.01. The summed E-state index contributed by atoms with van der Waals surface area (Å²) in [7, 11) is 0. The fourth-order valence-electron chi connectivity index (χ4n) is 5.46. The summed E-state index contributed by atoms with van der Waals surface area (Å²) in [6, 6.07) is 24.2. The molecule has 6 rings (SSSR count). The van der Waals surface area contributed by atoms with Gasteiger partial charge in [0, 0.05) is 29.7 Å². The molecule has 1 amide bonds. The van der Waals surface area contributed by atoms with Gasteiger partial charge in [-0.25, -0.2) is 0 Å². The van der Waals surface area contributed by atoms with Crippen LogP contribution in [0.4, 0.5) is 0 Å². The topological polar surface area (TPSA) is 34.5 Å². The van der Waals surface area contributed by atoms with Crippen LogP contribution in [-0.4, -0.2) is 21.9 Å². The molecule has 4 heteroatoms. The fourth-order valence-corrected chi connectivity index (χ4v) is 5.46. The van der Waals surface area contributed by atoms with Crippen LogP contribution in [0.5, 0.6) is 11.5 Å². The number of nitrogens with zero attached hydrogens (tertiary/aromatic N) is 2. The maximum Gasteiger partial charge on any atom is 0.258 e. The molecule has 0 saturated carbocycles. The first-order valence-corrected chi connectivity index (χ1v) is 11.5. The summed E-state index contributed by atoms with van der Waals surface area (Å²) in [4.78, 5) is 15.9. The van der Waals surface area contributed by atoms with Crippen molar-refractivity contribution in [1.82, 2.24) is 9.47 Å². The lowest BCUT2D eigenvalue weighted by Crippen LogP contribution is -2.43. The lowest BCUT2D eigenvalue weighted by molar-refractivity contribution is 0.0598. The molecule has 2 heterocycles. The number of amides is 1. The fraction of sp³-hybridized carbons (Fsp3) is 0.250. The van der Waals surface area contributed by atoms with Gasteiger partial charge < -0.3 is 14.2 Å². The number of carbonyl (C=O) groups is 1. The molecule has 160 valence electrons. The largest absolute Gasteiger partial charge is 0.457 e. The van der Waals surface area contributed by atoms with Gasteiger partial charge in [-0.15, -0.1) is 0 Å². The molecule has 4 nitrogen and oxygen atoms in total. The van der Waals surface area contributed by atoms with E-state index in [1.165, 1.54) is 27.7 Å². The van der Waals surface area contributed by atoms with Crippen molar-refractivity contribution >= 4 is 16.8 Å². The molecule has 0 spiro atoms. The summed E-state index contributed by atoms with van der Waals surface area (Å²) in [6.45, 7) is 3.70. The summed E-state index contributed by atoms with van der Waals surface area (Å²) < 4.78 is 8.57. The highest BCUT2D eigenvalue weighted by molar-refractivity contribution is 5.98. The Morgan fingerprint density at radius 3 is 2.66 bits per heavy atom. The molecule has 1 aromatic heterocycles. The second-order valence-corrected chi connectivity index (χ2v) is 8.85. The smallest absolute Gasteiger partial charge is 0.258 e. The Balaban J connectivity index is 1.39. The monoisotopic (exact) mass is 422 g/mol. The van der Waals surface area contributed by atoms with Crippen LogP contribution in [-0.2, 0) is 13.0 Å². The van der Waals surface area contributed by atoms with E-state index in [0.717, 1.165) is 31.6 Å². The lowest BCUT2D eigenvalue weighted by Gasteiger charge is -2.40. The standard InChI is InChI=1S/C28H26N2O2/c1-19-14-15-24-23(18-19)21-11-7-12-25-27(21)29(24)16-17-30(25)28(31)22-10-5-6-13-26(22)32-20-8-3-2-4-9-20/h2-6,8-10,13-15,18,25H,7,11-12,16-17H2,1H3. The highest BCUT2D eigenvalue weighted by Gasteiger charge is 2.37. The van der Waals surface area contributed by atoms with E-state index in [0.29, 0.717) is 17.9 Å². The van der Waals surface area contributed by atoms with Gasteiger partial charge >= 0.3 is 0 Å². The number of aromatic nitrogens is 1. The number of rotatable bonds is 3. The SMILES string of the molecule is Cc1ccc2c(c1)c1c3n2CCN(C(=O)c2ccccc2Oc2ccccc2)C3CCC1. The number of hydrogen-bond acceptors (Lipinski definition) is 2. The van der Waals surface area contributed by atoms with E-state index in [9.17, 15) is 4.79 Å². The maximum absolute atomic E-state index is 13.8. The average Bonchev–Trinajstić information content (AvgIpc) is 3.14. The molecule has 32 heavy (non-hydrogen) atoms. The molecule has 0 saturated heterocycles. The Labute approximate surface area is 188 Å². The highest BCUT2D eigenvalue weighted by Crippen LogP contribution is 2.43. The van der Waals surface area contributed by atoms with E-state index in [1.807, 2.05) is 54.6 Å². The van der Waals surface area contributed by atoms with Crippen LogP contribution in [0.2, 0.25) is 0 Å². The van der Waals surface area contributed by atoms with Crippen LogP contribution in [0.3, 0.4) is 0 Å². The number of aryl methyl sites for hydroxylation is 2. The Morgan fingerprint density at radius 2 is 1.78 bits per heavy atom. The van der Waals surface area contributed by atoms with Gasteiger partial charge in [-0.1, -0.05) is 42.0 Å². The van der Waals surface area contributed by atoms with Gasteiger partial charge in [0.2, 0.25) is 0 Å². The average molecular weight is 423 g/mol. The van der Waals surface area contributed by atoms with Crippen LogP contribution >= 0.6 is 0 Å². The predicted octanol–water partition coefficient (Wildman–Crippen LogP) is 6.28. The van der Waals surface area contributed by atoms with E-state index in [1.54, 1.807) is 0 Å². The van der Waals surface area contributed by atoms with Crippen LogP contribution in [0.15, 0.2) is 72.8 Å². The zero-order valence-corrected chi connectivity index (χ0v) is 18.3. The molecule has 0 bridgehead atoms. The minimum Gasteiger partial charge on any atom is -0.457 e. The van der Waals surface area contributed by atoms with Gasteiger partial charge in [-0.2, -0.15) is 0 Å². The van der Waals surface area contributed by atoms with Crippen molar-refractivity contribution in [3.63, 3.8) is 0 Å². The van der Waals surface area contributed by atoms with E-state index >= 15 is 0 Å². The Bertz CT molecular complexity index is 1320. The molecule has 1 atom stereocenters. The first-order valence-electron chi connectivity index (χ1n) is 11.5. The number of ether oxygens (including phenoxy) is 1. The first kappa shape index (κ1) is 19.2. The molecule has 0 N–H and O–H groups in total. The molecular formula is C28H26N2O2. The Kier molecular flexibility index (Phi) is 4.53. The lowest BCUT2D eigenvalue weighted by atomic mass is 9.89. The van der Waals surface area contributed by atoms with E-state index in [-0.39, 0.29) is 11.9 Å². The molecule has 4 aromatic rings. The Morgan fingerprint density at radius 1 is 0.969 bits per heavy atom. The third-order valence-electron chi connectivity index (χ3n) is 6.88. The third-order valence-corrected chi connectivity index (χ3v) is 6.88. The van der Waals surface area contributed by atoms with Crippen molar-refractivity contribution < 1.29 is 9.53 Å². The van der Waals surface area contributed by atoms with Crippen molar-refractivity contribution in [3.8, 4) is 11.5 Å². The molecule has 2 aliphatic rings.